The molecule has 1 saturated carbocycles. The Labute approximate surface area is 155 Å². The predicted octanol–water partition coefficient (Wildman–Crippen LogP) is 6.16. The molecule has 1 N–H and O–H groups in total. The molecule has 2 aliphatic rings. The number of aliphatic hydroxyl groups excluding tert-OH is 1. The normalized spacial score (nSPS) is 19.4. The van der Waals surface area contributed by atoms with Crippen LogP contribution in [0.25, 0.3) is 16.7 Å². The van der Waals surface area contributed by atoms with Crippen molar-refractivity contribution >= 4 is 11.4 Å². The van der Waals surface area contributed by atoms with E-state index >= 15 is 0 Å². The van der Waals surface area contributed by atoms with Crippen LogP contribution in [-0.4, -0.2) is 10.9 Å². The number of allylic oxidation sites excluding steroid dienone is 2. The smallest absolute Gasteiger partial charge is 0.167 e. The summed E-state index contributed by atoms with van der Waals surface area (Å²) < 4.78 is 0. The highest BCUT2D eigenvalue weighted by Crippen LogP contribution is 2.52. The van der Waals surface area contributed by atoms with Crippen LogP contribution in [-0.2, 0) is 4.79 Å². The Balaban J connectivity index is 1.79. The molecule has 134 valence electrons. The van der Waals surface area contributed by atoms with Crippen molar-refractivity contribution in [3.8, 4) is 11.1 Å². The van der Waals surface area contributed by atoms with E-state index in [4.69, 9.17) is 0 Å². The van der Waals surface area contributed by atoms with Gasteiger partial charge < -0.3 is 5.11 Å². The third-order valence-corrected chi connectivity index (χ3v) is 6.22. The molecule has 0 aliphatic heterocycles. The maximum atomic E-state index is 12.8. The van der Waals surface area contributed by atoms with E-state index in [1.54, 1.807) is 0 Å². The van der Waals surface area contributed by atoms with E-state index in [0.717, 1.165) is 42.4 Å². The minimum atomic E-state index is -0.292. The summed E-state index contributed by atoms with van der Waals surface area (Å²) in [5.41, 5.74) is 5.80. The van der Waals surface area contributed by atoms with Crippen LogP contribution in [0.5, 0.6) is 0 Å². The molecule has 0 amide bonds. The number of benzene rings is 2. The van der Waals surface area contributed by atoms with Crippen molar-refractivity contribution in [1.29, 1.82) is 0 Å². The molecule has 0 atom stereocenters. The van der Waals surface area contributed by atoms with Gasteiger partial charge in [-0.05, 0) is 55.0 Å². The molecule has 2 heteroatoms. The maximum absolute atomic E-state index is 12.8. The third kappa shape index (κ3) is 2.78. The van der Waals surface area contributed by atoms with Gasteiger partial charge in [0.05, 0.1) is 5.57 Å². The number of hydrogen-bond acceptors (Lipinski definition) is 2. The minimum Gasteiger partial charge on any atom is -0.511 e. The monoisotopic (exact) mass is 346 g/mol. The predicted molar refractivity (Wildman–Crippen MR) is 106 cm³/mol. The van der Waals surface area contributed by atoms with E-state index in [1.165, 1.54) is 17.5 Å². The average Bonchev–Trinajstić information content (AvgIpc) is 2.87. The summed E-state index contributed by atoms with van der Waals surface area (Å²) in [6, 6.07) is 14.6. The number of carbonyl (C=O) groups is 1. The van der Waals surface area contributed by atoms with Crippen molar-refractivity contribution in [3.05, 3.63) is 64.9 Å². The largest absolute Gasteiger partial charge is 0.511 e. The molecule has 2 aliphatic carbocycles. The Bertz CT molecular complexity index is 881. The molecule has 0 saturated heterocycles. The van der Waals surface area contributed by atoms with E-state index in [9.17, 15) is 9.90 Å². The molecular weight excluding hydrogens is 320 g/mol. The van der Waals surface area contributed by atoms with Gasteiger partial charge in [0.25, 0.3) is 0 Å². The number of hydrogen-bond donors (Lipinski definition) is 1. The van der Waals surface area contributed by atoms with Crippen molar-refractivity contribution in [1.82, 2.24) is 0 Å². The highest BCUT2D eigenvalue weighted by atomic mass is 16.3. The van der Waals surface area contributed by atoms with E-state index in [2.05, 4.69) is 50.2 Å². The summed E-state index contributed by atoms with van der Waals surface area (Å²) in [7, 11) is 0. The summed E-state index contributed by atoms with van der Waals surface area (Å²) in [5, 5.41) is 11.0. The van der Waals surface area contributed by atoms with E-state index < -0.39 is 0 Å². The van der Waals surface area contributed by atoms with Gasteiger partial charge in [-0.2, -0.15) is 0 Å². The van der Waals surface area contributed by atoms with Gasteiger partial charge in [0.15, 0.2) is 5.78 Å². The Hall–Kier alpha value is -2.35. The number of ketones is 1. The number of Topliss-reactive ketones (excluding diaryl/α,β-unsaturated/α-hetero) is 1. The number of aliphatic hydroxyl groups is 1. The Kier molecular flexibility index (Phi) is 4.22. The molecule has 0 unspecified atom stereocenters. The molecule has 0 aromatic heterocycles. The second-order valence-corrected chi connectivity index (χ2v) is 8.06. The number of carbonyl (C=O) groups excluding carboxylic acids is 1. The summed E-state index contributed by atoms with van der Waals surface area (Å²) in [6.07, 6.45) is 5.76. The third-order valence-electron chi connectivity index (χ3n) is 6.22. The van der Waals surface area contributed by atoms with E-state index in [1.807, 2.05) is 6.07 Å². The van der Waals surface area contributed by atoms with Gasteiger partial charge in [-0.25, -0.2) is 0 Å². The molecule has 1 spiro atoms. The minimum absolute atomic E-state index is 0.100. The number of aryl methyl sites for hydroxylation is 2. The molecule has 2 nitrogen and oxygen atoms in total. The quantitative estimate of drug-likeness (QED) is 0.707. The van der Waals surface area contributed by atoms with Crippen LogP contribution in [0.15, 0.2) is 48.2 Å². The summed E-state index contributed by atoms with van der Waals surface area (Å²) in [4.78, 5) is 12.8. The molecule has 1 fully saturated rings. The molecule has 2 aromatic rings. The molecule has 0 radical (unpaired) electrons. The van der Waals surface area contributed by atoms with Gasteiger partial charge in [-0.3, -0.25) is 4.79 Å². The lowest BCUT2D eigenvalue weighted by Gasteiger charge is -2.32. The first-order chi connectivity index (χ1) is 12.5. The zero-order valence-corrected chi connectivity index (χ0v) is 15.6. The van der Waals surface area contributed by atoms with E-state index in [-0.39, 0.29) is 11.2 Å². The van der Waals surface area contributed by atoms with Crippen LogP contribution in [0.3, 0.4) is 0 Å². The molecule has 0 bridgehead atoms. The lowest BCUT2D eigenvalue weighted by Crippen LogP contribution is -2.24. The molecule has 4 rings (SSSR count). The highest BCUT2D eigenvalue weighted by Gasteiger charge is 2.46. The summed E-state index contributed by atoms with van der Waals surface area (Å²) in [5.74, 6) is 0.448. The fourth-order valence-electron chi connectivity index (χ4n) is 4.64. The molecular formula is C24H26O2. The Morgan fingerprint density at radius 3 is 2.23 bits per heavy atom. The summed E-state index contributed by atoms with van der Waals surface area (Å²) in [6.45, 7) is 4.17. The van der Waals surface area contributed by atoms with Crippen LogP contribution < -0.4 is 0 Å². The second-order valence-electron chi connectivity index (χ2n) is 8.06. The van der Waals surface area contributed by atoms with Gasteiger partial charge >= 0.3 is 0 Å². The van der Waals surface area contributed by atoms with Crippen LogP contribution in [0.2, 0.25) is 0 Å². The van der Waals surface area contributed by atoms with Crippen molar-refractivity contribution in [3.63, 3.8) is 0 Å². The van der Waals surface area contributed by atoms with Gasteiger partial charge in [-0.15, -0.1) is 0 Å². The lowest BCUT2D eigenvalue weighted by molar-refractivity contribution is -0.114. The van der Waals surface area contributed by atoms with Gasteiger partial charge in [0.1, 0.15) is 5.76 Å². The Morgan fingerprint density at radius 2 is 1.54 bits per heavy atom. The van der Waals surface area contributed by atoms with Crippen LogP contribution in [0, 0.1) is 19.3 Å². The maximum Gasteiger partial charge on any atom is 0.167 e. The first-order valence-electron chi connectivity index (χ1n) is 9.65. The van der Waals surface area contributed by atoms with Crippen LogP contribution in [0.4, 0.5) is 0 Å². The standard InChI is InChI=1S/C24H26O2/c1-16-6-9-18(10-7-16)20-14-19(11-8-17(20)2)22-21(25)15-24(23(22)26)12-4-3-5-13-24/h6-11,14,26H,3-5,12-13,15H2,1-2H3. The first kappa shape index (κ1) is 17.1. The zero-order chi connectivity index (χ0) is 18.3. The van der Waals surface area contributed by atoms with Crippen molar-refractivity contribution in [2.75, 3.05) is 0 Å². The van der Waals surface area contributed by atoms with Crippen LogP contribution in [0.1, 0.15) is 55.2 Å². The van der Waals surface area contributed by atoms with Crippen molar-refractivity contribution in [2.24, 2.45) is 5.41 Å². The fraction of sp³-hybridized carbons (Fsp3) is 0.375. The lowest BCUT2D eigenvalue weighted by atomic mass is 9.72. The fourth-order valence-corrected chi connectivity index (χ4v) is 4.64. The summed E-state index contributed by atoms with van der Waals surface area (Å²) >= 11 is 0. The van der Waals surface area contributed by atoms with E-state index in [0.29, 0.717) is 17.8 Å². The number of rotatable bonds is 2. The Morgan fingerprint density at radius 1 is 0.885 bits per heavy atom. The molecule has 26 heavy (non-hydrogen) atoms. The van der Waals surface area contributed by atoms with Gasteiger partial charge in [0, 0.05) is 11.8 Å². The molecule has 2 aromatic carbocycles. The van der Waals surface area contributed by atoms with Gasteiger partial charge in [-0.1, -0.05) is 61.2 Å². The molecule has 0 heterocycles. The second kappa shape index (κ2) is 6.42. The SMILES string of the molecule is Cc1ccc(-c2cc(C3=C(O)C4(CCCCC4)CC3=O)ccc2C)cc1. The zero-order valence-electron chi connectivity index (χ0n) is 15.6. The van der Waals surface area contributed by atoms with Crippen molar-refractivity contribution < 1.29 is 9.90 Å². The van der Waals surface area contributed by atoms with Crippen LogP contribution >= 0.6 is 0 Å². The van der Waals surface area contributed by atoms with Crippen molar-refractivity contribution in [2.45, 2.75) is 52.4 Å². The topological polar surface area (TPSA) is 37.3 Å². The van der Waals surface area contributed by atoms with Gasteiger partial charge in [0.2, 0.25) is 0 Å². The highest BCUT2D eigenvalue weighted by molar-refractivity contribution is 6.24. The average molecular weight is 346 g/mol. The first-order valence-corrected chi connectivity index (χ1v) is 9.65.